The Hall–Kier alpha value is -0.930. The highest BCUT2D eigenvalue weighted by Crippen LogP contribution is 2.09. The number of hydrogen-bond acceptors (Lipinski definition) is 5. The maximum absolute atomic E-state index is 11.5. The van der Waals surface area contributed by atoms with Gasteiger partial charge >= 0.3 is 6.09 Å². The molecular weight excluding hydrogens is 240 g/mol. The maximum atomic E-state index is 11.5. The molecule has 0 saturated carbocycles. The first-order valence-electron chi connectivity index (χ1n) is 5.36. The van der Waals surface area contributed by atoms with Gasteiger partial charge in [0.2, 0.25) is 0 Å². The summed E-state index contributed by atoms with van der Waals surface area (Å²) in [5.41, 5.74) is -0.592. The van der Waals surface area contributed by atoms with E-state index in [1.165, 1.54) is 0 Å². The predicted octanol–water partition coefficient (Wildman–Crippen LogP) is 1.52. The Kier molecular flexibility index (Phi) is 7.00. The molecule has 0 saturated heterocycles. The van der Waals surface area contributed by atoms with Crippen molar-refractivity contribution in [1.29, 1.82) is 5.26 Å². The third-order valence-corrected chi connectivity index (χ3v) is 2.49. The Bertz CT molecular complexity index is 283. The van der Waals surface area contributed by atoms with Crippen LogP contribution in [0.2, 0.25) is 0 Å². The van der Waals surface area contributed by atoms with Crippen LogP contribution < -0.4 is 5.32 Å². The van der Waals surface area contributed by atoms with Gasteiger partial charge < -0.3 is 15.2 Å². The van der Waals surface area contributed by atoms with Gasteiger partial charge in [-0.15, -0.1) is 0 Å². The van der Waals surface area contributed by atoms with Gasteiger partial charge in [0.05, 0.1) is 12.1 Å². The number of carbonyl (C=O) groups is 1. The van der Waals surface area contributed by atoms with E-state index < -0.39 is 23.8 Å². The molecule has 0 bridgehead atoms. The van der Waals surface area contributed by atoms with Crippen molar-refractivity contribution in [3.63, 3.8) is 0 Å². The van der Waals surface area contributed by atoms with Crippen molar-refractivity contribution in [3.8, 4) is 6.07 Å². The van der Waals surface area contributed by atoms with E-state index in [0.29, 0.717) is 6.42 Å². The van der Waals surface area contributed by atoms with Crippen LogP contribution in [0.3, 0.4) is 0 Å². The van der Waals surface area contributed by atoms with Gasteiger partial charge in [-0.3, -0.25) is 0 Å². The molecule has 2 N–H and O–H groups in total. The number of aliphatic hydroxyl groups excluding tert-OH is 1. The second-order valence-corrected chi connectivity index (χ2v) is 5.59. The van der Waals surface area contributed by atoms with Crippen molar-refractivity contribution in [1.82, 2.24) is 5.32 Å². The van der Waals surface area contributed by atoms with E-state index in [2.05, 4.69) is 5.32 Å². The fourth-order valence-electron chi connectivity index (χ4n) is 1.10. The van der Waals surface area contributed by atoms with E-state index >= 15 is 0 Å². The first kappa shape index (κ1) is 16.1. The minimum absolute atomic E-state index is 0.523. The average Bonchev–Trinajstić information content (AvgIpc) is 2.20. The number of amides is 1. The molecule has 98 valence electrons. The Balaban J connectivity index is 4.33. The first-order valence-corrected chi connectivity index (χ1v) is 6.75. The van der Waals surface area contributed by atoms with Crippen LogP contribution in [0, 0.1) is 11.3 Å². The summed E-state index contributed by atoms with van der Waals surface area (Å²) in [4.78, 5) is 11.5. The number of nitrogens with zero attached hydrogens (tertiary/aromatic N) is 1. The molecule has 0 aromatic heterocycles. The minimum atomic E-state index is -1.21. The van der Waals surface area contributed by atoms with Gasteiger partial charge in [-0.25, -0.2) is 4.79 Å². The number of rotatable bonds is 5. The molecule has 0 aliphatic heterocycles. The van der Waals surface area contributed by atoms with Crippen molar-refractivity contribution in [2.24, 2.45) is 0 Å². The number of alkyl carbamates (subject to hydrolysis) is 1. The number of ether oxygens (including phenoxy) is 1. The smallest absolute Gasteiger partial charge is 0.407 e. The van der Waals surface area contributed by atoms with Crippen molar-refractivity contribution in [2.45, 2.75) is 44.9 Å². The molecule has 2 atom stereocenters. The lowest BCUT2D eigenvalue weighted by molar-refractivity contribution is 0.0457. The molecule has 17 heavy (non-hydrogen) atoms. The summed E-state index contributed by atoms with van der Waals surface area (Å²) in [6, 6.07) is 1.12. The molecule has 5 nitrogen and oxygen atoms in total. The summed E-state index contributed by atoms with van der Waals surface area (Å²) >= 11 is 1.59. The van der Waals surface area contributed by atoms with Crippen molar-refractivity contribution >= 4 is 17.9 Å². The highest BCUT2D eigenvalue weighted by molar-refractivity contribution is 7.98. The van der Waals surface area contributed by atoms with E-state index in [0.717, 1.165) is 5.75 Å². The van der Waals surface area contributed by atoms with Crippen LogP contribution in [-0.4, -0.2) is 41.0 Å². The molecule has 0 rings (SSSR count). The van der Waals surface area contributed by atoms with E-state index in [9.17, 15) is 9.90 Å². The normalized spacial score (nSPS) is 14.6. The third-order valence-electron chi connectivity index (χ3n) is 1.85. The number of hydrogen-bond donors (Lipinski definition) is 2. The number of carbonyl (C=O) groups excluding carboxylic acids is 1. The Morgan fingerprint density at radius 2 is 2.18 bits per heavy atom. The molecule has 0 aromatic rings. The molecule has 0 heterocycles. The molecule has 0 fully saturated rings. The van der Waals surface area contributed by atoms with Crippen LogP contribution in [0.1, 0.15) is 27.2 Å². The Labute approximate surface area is 107 Å². The summed E-state index contributed by atoms with van der Waals surface area (Å²) in [6.07, 6.45) is 0.617. The van der Waals surface area contributed by atoms with Gasteiger partial charge in [0.25, 0.3) is 0 Å². The summed E-state index contributed by atoms with van der Waals surface area (Å²) < 4.78 is 5.07. The number of thioether (sulfide) groups is 1. The zero-order valence-electron chi connectivity index (χ0n) is 10.7. The molecular formula is C11H20N2O3S. The van der Waals surface area contributed by atoms with Crippen LogP contribution in [0.5, 0.6) is 0 Å². The molecule has 6 heteroatoms. The lowest BCUT2D eigenvalue weighted by atomic mass is 10.1. The SMILES string of the molecule is CSCC[C@@H](NC(=O)OC(C)(C)C)C(O)C#N. The van der Waals surface area contributed by atoms with Crippen LogP contribution in [-0.2, 0) is 4.74 Å². The van der Waals surface area contributed by atoms with Crippen LogP contribution in [0.25, 0.3) is 0 Å². The maximum Gasteiger partial charge on any atom is 0.407 e. The van der Waals surface area contributed by atoms with E-state index in [-0.39, 0.29) is 0 Å². The highest BCUT2D eigenvalue weighted by Gasteiger charge is 2.23. The average molecular weight is 260 g/mol. The van der Waals surface area contributed by atoms with Gasteiger partial charge in [0.1, 0.15) is 5.60 Å². The van der Waals surface area contributed by atoms with Crippen LogP contribution >= 0.6 is 11.8 Å². The zero-order valence-corrected chi connectivity index (χ0v) is 11.5. The standard InChI is InChI=1S/C11H20N2O3S/c1-11(2,3)16-10(15)13-8(5-6-17-4)9(14)7-12/h8-9,14H,5-6H2,1-4H3,(H,13,15)/t8-,9?/m1/s1. The quantitative estimate of drug-likeness (QED) is 0.732. The van der Waals surface area contributed by atoms with Crippen LogP contribution in [0.15, 0.2) is 0 Å². The fraction of sp³-hybridized carbons (Fsp3) is 0.818. The van der Waals surface area contributed by atoms with E-state index in [1.807, 2.05) is 6.26 Å². The molecule has 0 aliphatic carbocycles. The fourth-order valence-corrected chi connectivity index (χ4v) is 1.59. The van der Waals surface area contributed by atoms with Gasteiger partial charge in [0, 0.05) is 0 Å². The molecule has 0 radical (unpaired) electrons. The minimum Gasteiger partial charge on any atom is -0.444 e. The molecule has 1 amide bonds. The lowest BCUT2D eigenvalue weighted by Crippen LogP contribution is -2.45. The lowest BCUT2D eigenvalue weighted by Gasteiger charge is -2.24. The topological polar surface area (TPSA) is 82.3 Å². The van der Waals surface area contributed by atoms with Crippen LogP contribution in [0.4, 0.5) is 4.79 Å². The Morgan fingerprint density at radius 3 is 2.59 bits per heavy atom. The van der Waals surface area contributed by atoms with Gasteiger partial charge in [-0.1, -0.05) is 0 Å². The summed E-state index contributed by atoms with van der Waals surface area (Å²) in [7, 11) is 0. The zero-order chi connectivity index (χ0) is 13.5. The summed E-state index contributed by atoms with van der Waals surface area (Å²) in [6.45, 7) is 5.26. The summed E-state index contributed by atoms with van der Waals surface area (Å²) in [5.74, 6) is 0.749. The molecule has 1 unspecified atom stereocenters. The largest absolute Gasteiger partial charge is 0.444 e. The summed E-state index contributed by atoms with van der Waals surface area (Å²) in [5, 5.41) is 20.6. The monoisotopic (exact) mass is 260 g/mol. The van der Waals surface area contributed by atoms with Crippen molar-refractivity contribution in [3.05, 3.63) is 0 Å². The van der Waals surface area contributed by atoms with E-state index in [1.54, 1.807) is 38.6 Å². The molecule has 0 aromatic carbocycles. The van der Waals surface area contributed by atoms with Gasteiger partial charge in [-0.05, 0) is 39.2 Å². The predicted molar refractivity (Wildman–Crippen MR) is 67.8 cm³/mol. The second kappa shape index (κ2) is 7.41. The van der Waals surface area contributed by atoms with E-state index in [4.69, 9.17) is 10.00 Å². The van der Waals surface area contributed by atoms with Crippen molar-refractivity contribution in [2.75, 3.05) is 12.0 Å². The number of nitrogens with one attached hydrogen (secondary N) is 1. The third kappa shape index (κ3) is 7.88. The first-order chi connectivity index (χ1) is 7.80. The molecule has 0 spiro atoms. The molecule has 0 aliphatic rings. The Morgan fingerprint density at radius 1 is 1.59 bits per heavy atom. The number of nitriles is 1. The van der Waals surface area contributed by atoms with Gasteiger partial charge in [-0.2, -0.15) is 17.0 Å². The second-order valence-electron chi connectivity index (χ2n) is 4.61. The van der Waals surface area contributed by atoms with Crippen molar-refractivity contribution < 1.29 is 14.6 Å². The van der Waals surface area contributed by atoms with Gasteiger partial charge in [0.15, 0.2) is 6.10 Å². The number of aliphatic hydroxyl groups is 1. The highest BCUT2D eigenvalue weighted by atomic mass is 32.2.